The van der Waals surface area contributed by atoms with Gasteiger partial charge in [0.15, 0.2) is 5.67 Å². The lowest BCUT2D eigenvalue weighted by Crippen LogP contribution is -2.13. The van der Waals surface area contributed by atoms with Gasteiger partial charge in [-0.25, -0.2) is 14.4 Å². The summed E-state index contributed by atoms with van der Waals surface area (Å²) in [6, 6.07) is 0. The molecule has 0 aliphatic carbocycles. The Morgan fingerprint density at radius 1 is 1.47 bits per heavy atom. The normalized spacial score (nSPS) is 15.5. The molecule has 0 N–H and O–H groups in total. The maximum absolute atomic E-state index is 14.0. The summed E-state index contributed by atoms with van der Waals surface area (Å²) in [5.41, 5.74) is 0.105. The molecule has 2 heterocycles. The Hall–Kier alpha value is -1.45. The van der Waals surface area contributed by atoms with E-state index in [4.69, 9.17) is 0 Å². The van der Waals surface area contributed by atoms with Gasteiger partial charge in [-0.2, -0.15) is 0 Å². The number of rotatable bonds is 2. The van der Waals surface area contributed by atoms with E-state index in [9.17, 15) is 4.39 Å². The highest BCUT2D eigenvalue weighted by atomic mass is 19.1. The Labute approximate surface area is 88.0 Å². The van der Waals surface area contributed by atoms with Gasteiger partial charge in [0.1, 0.15) is 0 Å². The van der Waals surface area contributed by atoms with Crippen molar-refractivity contribution in [3.8, 4) is 0 Å². The van der Waals surface area contributed by atoms with Crippen LogP contribution in [0.2, 0.25) is 0 Å². The van der Waals surface area contributed by atoms with E-state index < -0.39 is 5.67 Å². The first kappa shape index (κ1) is 10.1. The van der Waals surface area contributed by atoms with Crippen molar-refractivity contribution < 1.29 is 4.39 Å². The van der Waals surface area contributed by atoms with Crippen LogP contribution in [0.1, 0.15) is 31.5 Å². The van der Waals surface area contributed by atoms with Gasteiger partial charge in [-0.1, -0.05) is 6.92 Å². The average Bonchev–Trinajstić information content (AvgIpc) is 2.61. The molecule has 0 saturated carbocycles. The molecular formula is C11H14FN3. The van der Waals surface area contributed by atoms with Crippen LogP contribution in [0.4, 0.5) is 4.39 Å². The first-order chi connectivity index (χ1) is 7.03. The fraction of sp³-hybridized carbons (Fsp3) is 0.455. The zero-order chi connectivity index (χ0) is 11.1. The fourth-order valence-corrected chi connectivity index (χ4v) is 1.42. The van der Waals surface area contributed by atoms with E-state index in [1.54, 1.807) is 23.7 Å². The summed E-state index contributed by atoms with van der Waals surface area (Å²) in [4.78, 5) is 8.31. The van der Waals surface area contributed by atoms with Gasteiger partial charge < -0.3 is 0 Å². The highest BCUT2D eigenvalue weighted by molar-refractivity contribution is 5.33. The lowest BCUT2D eigenvalue weighted by molar-refractivity contribution is 0.179. The van der Waals surface area contributed by atoms with Crippen molar-refractivity contribution in [1.29, 1.82) is 0 Å². The molecule has 0 spiro atoms. The third-order valence-electron chi connectivity index (χ3n) is 2.64. The molecule has 0 aromatic carbocycles. The molecule has 1 atom stereocenters. The molecule has 2 aromatic heterocycles. The average molecular weight is 207 g/mol. The lowest BCUT2D eigenvalue weighted by Gasteiger charge is -2.13. The molecule has 0 fully saturated rings. The number of nitrogens with zero attached hydrogens (tertiary/aromatic N) is 3. The van der Waals surface area contributed by atoms with Crippen molar-refractivity contribution in [2.24, 2.45) is 0 Å². The summed E-state index contributed by atoms with van der Waals surface area (Å²) in [6.45, 7) is 5.30. The van der Waals surface area contributed by atoms with E-state index in [-0.39, 0.29) is 0 Å². The molecule has 3 nitrogen and oxygen atoms in total. The molecule has 0 aliphatic rings. The van der Waals surface area contributed by atoms with Crippen LogP contribution in [0.15, 0.2) is 18.6 Å². The number of hydrogen-bond acceptors (Lipinski definition) is 2. The topological polar surface area (TPSA) is 30.2 Å². The van der Waals surface area contributed by atoms with Crippen molar-refractivity contribution in [2.45, 2.75) is 32.9 Å². The highest BCUT2D eigenvalue weighted by Crippen LogP contribution is 2.27. The molecule has 0 bridgehead atoms. The van der Waals surface area contributed by atoms with Crippen LogP contribution in [-0.4, -0.2) is 14.4 Å². The second-order valence-electron chi connectivity index (χ2n) is 4.02. The number of halogens is 1. The minimum Gasteiger partial charge on any atom is -0.291 e. The van der Waals surface area contributed by atoms with Gasteiger partial charge in [0.05, 0.1) is 5.69 Å². The number of imidazole rings is 1. The molecule has 80 valence electrons. The van der Waals surface area contributed by atoms with Gasteiger partial charge in [-0.3, -0.25) is 4.40 Å². The van der Waals surface area contributed by atoms with Crippen molar-refractivity contribution >= 4 is 5.78 Å². The Balaban J connectivity index is 2.56. The standard InChI is InChI=1S/C11H14FN3/c1-4-11(3,12)9-7-15-6-8(2)5-13-10(15)14-9/h5-7H,4H2,1-3H3. The summed E-state index contributed by atoms with van der Waals surface area (Å²) >= 11 is 0. The number of fused-ring (bicyclic) bond motifs is 1. The summed E-state index contributed by atoms with van der Waals surface area (Å²) < 4.78 is 15.7. The van der Waals surface area contributed by atoms with Crippen LogP contribution < -0.4 is 0 Å². The number of hydrogen-bond donors (Lipinski definition) is 0. The lowest BCUT2D eigenvalue weighted by atomic mass is 10.0. The maximum Gasteiger partial charge on any atom is 0.234 e. The molecular weight excluding hydrogens is 193 g/mol. The number of aryl methyl sites for hydroxylation is 1. The van der Waals surface area contributed by atoms with Crippen LogP contribution >= 0.6 is 0 Å². The highest BCUT2D eigenvalue weighted by Gasteiger charge is 2.26. The summed E-state index contributed by atoms with van der Waals surface area (Å²) in [6.07, 6.45) is 5.74. The first-order valence-corrected chi connectivity index (χ1v) is 5.03. The minimum absolute atomic E-state index is 0.413. The van der Waals surface area contributed by atoms with E-state index in [1.165, 1.54) is 0 Å². The van der Waals surface area contributed by atoms with Gasteiger partial charge in [-0.05, 0) is 25.8 Å². The summed E-state index contributed by atoms with van der Waals surface area (Å²) in [5, 5.41) is 0. The number of alkyl halides is 1. The first-order valence-electron chi connectivity index (χ1n) is 5.03. The quantitative estimate of drug-likeness (QED) is 0.757. The fourth-order valence-electron chi connectivity index (χ4n) is 1.42. The van der Waals surface area contributed by atoms with Gasteiger partial charge >= 0.3 is 0 Å². The molecule has 0 radical (unpaired) electrons. The van der Waals surface area contributed by atoms with Gasteiger partial charge in [-0.15, -0.1) is 0 Å². The Morgan fingerprint density at radius 2 is 2.20 bits per heavy atom. The van der Waals surface area contributed by atoms with E-state index in [2.05, 4.69) is 9.97 Å². The second-order valence-corrected chi connectivity index (χ2v) is 4.02. The predicted molar refractivity (Wildman–Crippen MR) is 56.5 cm³/mol. The van der Waals surface area contributed by atoms with Crippen molar-refractivity contribution in [1.82, 2.24) is 14.4 Å². The monoisotopic (exact) mass is 207 g/mol. The predicted octanol–water partition coefficient (Wildman–Crippen LogP) is 2.63. The van der Waals surface area contributed by atoms with E-state index in [0.29, 0.717) is 17.9 Å². The molecule has 4 heteroatoms. The van der Waals surface area contributed by atoms with Crippen LogP contribution in [0.25, 0.3) is 5.78 Å². The van der Waals surface area contributed by atoms with Gasteiger partial charge in [0, 0.05) is 18.6 Å². The van der Waals surface area contributed by atoms with Crippen LogP contribution in [-0.2, 0) is 5.67 Å². The van der Waals surface area contributed by atoms with Crippen molar-refractivity contribution in [3.63, 3.8) is 0 Å². The third kappa shape index (κ3) is 1.71. The zero-order valence-corrected chi connectivity index (χ0v) is 9.16. The van der Waals surface area contributed by atoms with Gasteiger partial charge in [0.2, 0.25) is 5.78 Å². The molecule has 2 aromatic rings. The van der Waals surface area contributed by atoms with E-state index in [1.807, 2.05) is 20.0 Å². The van der Waals surface area contributed by atoms with E-state index in [0.717, 1.165) is 5.56 Å². The molecule has 15 heavy (non-hydrogen) atoms. The molecule has 0 saturated heterocycles. The van der Waals surface area contributed by atoms with Gasteiger partial charge in [0.25, 0.3) is 0 Å². The molecule has 2 rings (SSSR count). The maximum atomic E-state index is 14.0. The SMILES string of the molecule is CCC(C)(F)c1cn2cc(C)cnc2n1. The van der Waals surface area contributed by atoms with Crippen molar-refractivity contribution in [2.75, 3.05) is 0 Å². The largest absolute Gasteiger partial charge is 0.291 e. The van der Waals surface area contributed by atoms with Crippen LogP contribution in [0.3, 0.4) is 0 Å². The molecule has 0 aliphatic heterocycles. The number of aromatic nitrogens is 3. The van der Waals surface area contributed by atoms with Crippen molar-refractivity contribution in [3.05, 3.63) is 29.8 Å². The Morgan fingerprint density at radius 3 is 2.87 bits per heavy atom. The summed E-state index contributed by atoms with van der Waals surface area (Å²) in [7, 11) is 0. The molecule has 1 unspecified atom stereocenters. The zero-order valence-electron chi connectivity index (χ0n) is 9.16. The molecule has 0 amide bonds. The Kier molecular flexibility index (Phi) is 2.21. The van der Waals surface area contributed by atoms with Crippen LogP contribution in [0, 0.1) is 6.92 Å². The smallest absolute Gasteiger partial charge is 0.234 e. The van der Waals surface area contributed by atoms with Crippen LogP contribution in [0.5, 0.6) is 0 Å². The minimum atomic E-state index is -1.37. The van der Waals surface area contributed by atoms with E-state index >= 15 is 0 Å². The summed E-state index contributed by atoms with van der Waals surface area (Å²) in [5.74, 6) is 0.549. The second kappa shape index (κ2) is 3.29. The third-order valence-corrected chi connectivity index (χ3v) is 2.64. The Bertz CT molecular complexity index is 488.